The molecule has 0 aliphatic carbocycles. The van der Waals surface area contributed by atoms with Gasteiger partial charge >= 0.3 is 0 Å². The highest BCUT2D eigenvalue weighted by atomic mass is 32.2. The van der Waals surface area contributed by atoms with Crippen LogP contribution in [-0.4, -0.2) is 9.88 Å². The summed E-state index contributed by atoms with van der Waals surface area (Å²) in [6.45, 7) is 0. The van der Waals surface area contributed by atoms with Gasteiger partial charge in [0.25, 0.3) is 5.91 Å². The van der Waals surface area contributed by atoms with Gasteiger partial charge in [-0.25, -0.2) is 0 Å². The predicted octanol–water partition coefficient (Wildman–Crippen LogP) is 2.61. The molecule has 2 aromatic rings. The van der Waals surface area contributed by atoms with Gasteiger partial charge in [-0.1, -0.05) is 12.1 Å². The topological polar surface area (TPSA) is 34.0 Å². The fourth-order valence-electron chi connectivity index (χ4n) is 1.56. The number of aromatic nitrogens is 1. The molecule has 0 bridgehead atoms. The van der Waals surface area contributed by atoms with Crippen molar-refractivity contribution < 1.29 is 4.79 Å². The lowest BCUT2D eigenvalue weighted by Gasteiger charge is -2.03. The Kier molecular flexibility index (Phi) is 1.82. The van der Waals surface area contributed by atoms with Crippen molar-refractivity contribution in [1.82, 2.24) is 3.97 Å². The number of carbonyl (C=O) groups excluding carboxylic acids is 1. The largest absolute Gasteiger partial charge is 0.320 e. The summed E-state index contributed by atoms with van der Waals surface area (Å²) >= 11 is 1.55. The molecule has 0 saturated carbocycles. The van der Waals surface area contributed by atoms with Crippen molar-refractivity contribution in [3.63, 3.8) is 0 Å². The van der Waals surface area contributed by atoms with Crippen molar-refractivity contribution in [2.75, 3.05) is 5.32 Å². The van der Waals surface area contributed by atoms with Gasteiger partial charge < -0.3 is 5.32 Å². The monoisotopic (exact) mass is 216 g/mol. The second-order valence-corrected chi connectivity index (χ2v) is 4.28. The minimum absolute atomic E-state index is 0.0579. The van der Waals surface area contributed by atoms with Crippen LogP contribution in [0.3, 0.4) is 0 Å². The lowest BCUT2D eigenvalue weighted by Crippen LogP contribution is -2.12. The van der Waals surface area contributed by atoms with Crippen LogP contribution in [0.25, 0.3) is 0 Å². The van der Waals surface area contributed by atoms with E-state index < -0.39 is 0 Å². The first-order valence-electron chi connectivity index (χ1n) is 4.61. The Balaban J connectivity index is 2.18. The Bertz CT molecular complexity index is 533. The first-order chi connectivity index (χ1) is 7.34. The molecule has 0 radical (unpaired) electrons. The number of amides is 1. The molecule has 0 atom stereocenters. The van der Waals surface area contributed by atoms with Crippen LogP contribution in [0.2, 0.25) is 0 Å². The zero-order valence-corrected chi connectivity index (χ0v) is 8.62. The van der Waals surface area contributed by atoms with Gasteiger partial charge in [0.15, 0.2) is 0 Å². The lowest BCUT2D eigenvalue weighted by atomic mass is 10.3. The maximum atomic E-state index is 11.8. The van der Waals surface area contributed by atoms with Crippen molar-refractivity contribution in [2.24, 2.45) is 0 Å². The molecule has 1 aromatic carbocycles. The molecule has 1 aliphatic rings. The highest BCUT2D eigenvalue weighted by Gasteiger charge is 2.18. The molecule has 74 valence electrons. The van der Waals surface area contributed by atoms with E-state index in [0.29, 0.717) is 5.69 Å². The Morgan fingerprint density at radius 3 is 2.93 bits per heavy atom. The van der Waals surface area contributed by atoms with Crippen LogP contribution < -0.4 is 5.32 Å². The van der Waals surface area contributed by atoms with Crippen LogP contribution in [0.15, 0.2) is 47.5 Å². The summed E-state index contributed by atoms with van der Waals surface area (Å²) < 4.78 is 1.88. The Hall–Kier alpha value is -1.68. The molecule has 0 fully saturated rings. The number of hydrogen-bond donors (Lipinski definition) is 1. The molecule has 0 saturated heterocycles. The number of hydrogen-bond acceptors (Lipinski definition) is 2. The molecule has 4 heteroatoms. The quantitative estimate of drug-likeness (QED) is 0.734. The molecule has 3 rings (SSSR count). The summed E-state index contributed by atoms with van der Waals surface area (Å²) in [4.78, 5) is 12.8. The van der Waals surface area contributed by atoms with Crippen molar-refractivity contribution in [3.8, 4) is 0 Å². The smallest absolute Gasteiger partial charge is 0.273 e. The minimum Gasteiger partial charge on any atom is -0.320 e. The number of para-hydroxylation sites is 1. The van der Waals surface area contributed by atoms with E-state index >= 15 is 0 Å². The predicted molar refractivity (Wildman–Crippen MR) is 60.1 cm³/mol. The molecule has 0 unspecified atom stereocenters. The van der Waals surface area contributed by atoms with Gasteiger partial charge in [0.05, 0.1) is 10.6 Å². The molecule has 0 spiro atoms. The van der Waals surface area contributed by atoms with E-state index in [1.54, 1.807) is 11.9 Å². The van der Waals surface area contributed by atoms with Gasteiger partial charge in [-0.3, -0.25) is 8.77 Å². The summed E-state index contributed by atoms with van der Waals surface area (Å²) in [5, 5.41) is 2.88. The molecule has 1 amide bonds. The number of anilines is 1. The second kappa shape index (κ2) is 3.17. The highest BCUT2D eigenvalue weighted by Crippen LogP contribution is 2.32. The maximum Gasteiger partial charge on any atom is 0.273 e. The molecule has 3 nitrogen and oxygen atoms in total. The number of carbonyl (C=O) groups is 1. The second-order valence-electron chi connectivity index (χ2n) is 3.26. The van der Waals surface area contributed by atoms with Gasteiger partial charge in [-0.2, -0.15) is 0 Å². The van der Waals surface area contributed by atoms with Gasteiger partial charge in [0.1, 0.15) is 5.69 Å². The number of nitrogens with zero attached hydrogens (tertiary/aromatic N) is 1. The fourth-order valence-corrected chi connectivity index (χ4v) is 2.51. The van der Waals surface area contributed by atoms with E-state index in [1.165, 1.54) is 0 Å². The third kappa shape index (κ3) is 1.34. The molecule has 15 heavy (non-hydrogen) atoms. The first-order valence-corrected chi connectivity index (χ1v) is 5.38. The van der Waals surface area contributed by atoms with E-state index in [1.807, 2.05) is 46.6 Å². The van der Waals surface area contributed by atoms with Crippen molar-refractivity contribution in [2.45, 2.75) is 4.90 Å². The maximum absolute atomic E-state index is 11.8. The average Bonchev–Trinajstić information content (AvgIpc) is 2.64. The molecule has 1 aromatic heterocycles. The number of rotatable bonds is 0. The van der Waals surface area contributed by atoms with Crippen LogP contribution in [0.5, 0.6) is 0 Å². The highest BCUT2D eigenvalue weighted by molar-refractivity contribution is 7.98. The summed E-state index contributed by atoms with van der Waals surface area (Å²) in [6.07, 6.45) is 1.89. The summed E-state index contributed by atoms with van der Waals surface area (Å²) in [5.74, 6) is -0.0579. The first kappa shape index (κ1) is 8.61. The molecule has 1 aliphatic heterocycles. The Morgan fingerprint density at radius 2 is 2.00 bits per heavy atom. The summed E-state index contributed by atoms with van der Waals surface area (Å²) in [7, 11) is 0. The SMILES string of the molecule is O=C1Nc2ccccc2Sn2cccc21. The van der Waals surface area contributed by atoms with E-state index in [9.17, 15) is 4.79 Å². The zero-order valence-electron chi connectivity index (χ0n) is 7.81. The standard InChI is InChI=1S/C11H8N2OS/c14-11-9-5-3-7-13(9)15-10-6-2-1-4-8(10)12-11/h1-7H,(H,12,14). The van der Waals surface area contributed by atoms with Gasteiger partial charge in [-0.05, 0) is 36.2 Å². The number of fused-ring (bicyclic) bond motifs is 2. The zero-order chi connectivity index (χ0) is 10.3. The normalized spacial score (nSPS) is 13.7. The Labute approximate surface area is 91.2 Å². The molecule has 2 heterocycles. The lowest BCUT2D eigenvalue weighted by molar-refractivity contribution is 0.102. The van der Waals surface area contributed by atoms with Crippen LogP contribution >= 0.6 is 11.9 Å². The van der Waals surface area contributed by atoms with Gasteiger partial charge in [-0.15, -0.1) is 0 Å². The van der Waals surface area contributed by atoms with Gasteiger partial charge in [0.2, 0.25) is 0 Å². The third-order valence-corrected chi connectivity index (χ3v) is 3.35. The van der Waals surface area contributed by atoms with E-state index in [2.05, 4.69) is 5.32 Å². The summed E-state index contributed by atoms with van der Waals surface area (Å²) in [5.41, 5.74) is 1.55. The molecular weight excluding hydrogens is 208 g/mol. The Morgan fingerprint density at radius 1 is 1.13 bits per heavy atom. The van der Waals surface area contributed by atoms with Crippen LogP contribution in [0.1, 0.15) is 10.5 Å². The van der Waals surface area contributed by atoms with Crippen molar-refractivity contribution in [1.29, 1.82) is 0 Å². The average molecular weight is 216 g/mol. The van der Waals surface area contributed by atoms with Crippen LogP contribution in [0.4, 0.5) is 5.69 Å². The van der Waals surface area contributed by atoms with E-state index in [0.717, 1.165) is 10.6 Å². The van der Waals surface area contributed by atoms with Crippen LogP contribution in [-0.2, 0) is 0 Å². The van der Waals surface area contributed by atoms with E-state index in [4.69, 9.17) is 0 Å². The number of benzene rings is 1. The number of nitrogens with one attached hydrogen (secondary N) is 1. The van der Waals surface area contributed by atoms with Gasteiger partial charge in [0, 0.05) is 6.20 Å². The minimum atomic E-state index is -0.0579. The van der Waals surface area contributed by atoms with E-state index in [-0.39, 0.29) is 5.91 Å². The van der Waals surface area contributed by atoms with Crippen LogP contribution in [0, 0.1) is 0 Å². The molecular formula is C11H8N2OS. The fraction of sp³-hybridized carbons (Fsp3) is 0. The molecule has 1 N–H and O–H groups in total. The third-order valence-electron chi connectivity index (χ3n) is 2.28. The van der Waals surface area contributed by atoms with Crippen molar-refractivity contribution >= 4 is 23.5 Å². The van der Waals surface area contributed by atoms with Crippen molar-refractivity contribution in [3.05, 3.63) is 48.3 Å². The summed E-state index contributed by atoms with van der Waals surface area (Å²) in [6, 6.07) is 11.5.